The van der Waals surface area contributed by atoms with Gasteiger partial charge < -0.3 is 0 Å². The fourth-order valence-corrected chi connectivity index (χ4v) is 1.89. The lowest BCUT2D eigenvalue weighted by Crippen LogP contribution is -1.99. The fourth-order valence-electron chi connectivity index (χ4n) is 1.34. The van der Waals surface area contributed by atoms with E-state index in [9.17, 15) is 0 Å². The molecule has 2 radical (unpaired) electrons. The molecular formula is C12H8BI. The van der Waals surface area contributed by atoms with Gasteiger partial charge >= 0.3 is 0 Å². The highest BCUT2D eigenvalue weighted by atomic mass is 127. The van der Waals surface area contributed by atoms with E-state index < -0.39 is 0 Å². The van der Waals surface area contributed by atoms with Crippen LogP contribution in [0.2, 0.25) is 0 Å². The molecule has 0 aliphatic heterocycles. The van der Waals surface area contributed by atoms with E-state index in [-0.39, 0.29) is 0 Å². The maximum absolute atomic E-state index is 5.63. The van der Waals surface area contributed by atoms with Crippen LogP contribution >= 0.6 is 22.6 Å². The maximum Gasteiger partial charge on any atom is 0.113 e. The lowest BCUT2D eigenvalue weighted by Gasteiger charge is -2.02. The number of halogens is 1. The molecule has 0 aromatic heterocycles. The average Bonchev–Trinajstić information content (AvgIpc) is 2.19. The number of hydrogen-bond donors (Lipinski definition) is 0. The van der Waals surface area contributed by atoms with Crippen LogP contribution in [-0.2, 0) is 0 Å². The van der Waals surface area contributed by atoms with E-state index in [4.69, 9.17) is 7.85 Å². The molecule has 66 valence electrons. The average molecular weight is 290 g/mol. The molecule has 0 unspecified atom stereocenters. The largest absolute Gasteiger partial charge is 0.113 e. The molecule has 2 heteroatoms. The van der Waals surface area contributed by atoms with Gasteiger partial charge in [0.1, 0.15) is 7.85 Å². The van der Waals surface area contributed by atoms with Gasteiger partial charge in [0, 0.05) is 3.57 Å². The summed E-state index contributed by atoms with van der Waals surface area (Å²) in [6.45, 7) is 0. The highest BCUT2D eigenvalue weighted by molar-refractivity contribution is 14.1. The van der Waals surface area contributed by atoms with Gasteiger partial charge in [0.15, 0.2) is 0 Å². The zero-order chi connectivity index (χ0) is 9.97. The Labute approximate surface area is 98.9 Å². The number of rotatable bonds is 1. The Morgan fingerprint density at radius 3 is 2.21 bits per heavy atom. The van der Waals surface area contributed by atoms with Crippen LogP contribution in [0.4, 0.5) is 0 Å². The first kappa shape index (κ1) is 9.78. The van der Waals surface area contributed by atoms with Crippen molar-refractivity contribution in [1.82, 2.24) is 0 Å². The minimum atomic E-state index is 0.805. The molecule has 0 saturated heterocycles. The van der Waals surface area contributed by atoms with Crippen molar-refractivity contribution in [2.45, 2.75) is 0 Å². The molecule has 2 rings (SSSR count). The maximum atomic E-state index is 5.63. The van der Waals surface area contributed by atoms with Crippen molar-refractivity contribution < 1.29 is 0 Å². The molecule has 0 spiro atoms. The standard InChI is InChI=1S/C12H8BI/c13-11-6-4-9(5-7-11)10-2-1-3-12(14)8-10/h1-8H. The van der Waals surface area contributed by atoms with E-state index in [1.54, 1.807) is 0 Å². The minimum absolute atomic E-state index is 0.805. The normalized spacial score (nSPS) is 10.1. The first-order valence-electron chi connectivity index (χ1n) is 4.37. The van der Waals surface area contributed by atoms with Crippen LogP contribution < -0.4 is 5.46 Å². The molecule has 0 aliphatic rings. The second-order valence-corrected chi connectivity index (χ2v) is 4.38. The summed E-state index contributed by atoms with van der Waals surface area (Å²) < 4.78 is 1.25. The van der Waals surface area contributed by atoms with Gasteiger partial charge in [-0.25, -0.2) is 0 Å². The molecule has 0 aliphatic carbocycles. The van der Waals surface area contributed by atoms with E-state index in [1.807, 2.05) is 24.3 Å². The zero-order valence-electron chi connectivity index (χ0n) is 7.57. The Morgan fingerprint density at radius 1 is 0.857 bits per heavy atom. The van der Waals surface area contributed by atoms with Crippen molar-refractivity contribution in [3.8, 4) is 11.1 Å². The van der Waals surface area contributed by atoms with Crippen molar-refractivity contribution in [3.05, 3.63) is 52.1 Å². The first-order valence-corrected chi connectivity index (χ1v) is 5.45. The van der Waals surface area contributed by atoms with E-state index in [1.165, 1.54) is 14.7 Å². The molecule has 2 aromatic carbocycles. The van der Waals surface area contributed by atoms with Gasteiger partial charge in [0.25, 0.3) is 0 Å². The Kier molecular flexibility index (Phi) is 2.92. The van der Waals surface area contributed by atoms with Crippen LogP contribution in [0.25, 0.3) is 11.1 Å². The molecule has 0 heterocycles. The zero-order valence-corrected chi connectivity index (χ0v) is 9.73. The highest BCUT2D eigenvalue weighted by Crippen LogP contribution is 2.19. The van der Waals surface area contributed by atoms with Gasteiger partial charge in [-0.15, -0.1) is 0 Å². The smallest absolute Gasteiger partial charge is 0.0966 e. The molecule has 0 bridgehead atoms. The Balaban J connectivity index is 2.44. The Morgan fingerprint density at radius 2 is 1.57 bits per heavy atom. The van der Waals surface area contributed by atoms with Crippen molar-refractivity contribution in [3.63, 3.8) is 0 Å². The van der Waals surface area contributed by atoms with E-state index >= 15 is 0 Å². The van der Waals surface area contributed by atoms with Gasteiger partial charge in [0.05, 0.1) is 0 Å². The summed E-state index contributed by atoms with van der Waals surface area (Å²) in [6.07, 6.45) is 0. The Bertz CT molecular complexity index is 434. The summed E-state index contributed by atoms with van der Waals surface area (Å²) in [5.74, 6) is 0. The second-order valence-electron chi connectivity index (χ2n) is 3.13. The van der Waals surface area contributed by atoms with Gasteiger partial charge in [-0.2, -0.15) is 0 Å². The monoisotopic (exact) mass is 290 g/mol. The molecule has 0 atom stereocenters. The predicted molar refractivity (Wildman–Crippen MR) is 70.0 cm³/mol. The molecule has 2 aromatic rings. The van der Waals surface area contributed by atoms with E-state index in [0.717, 1.165) is 5.46 Å². The van der Waals surface area contributed by atoms with Crippen molar-refractivity contribution in [2.24, 2.45) is 0 Å². The van der Waals surface area contributed by atoms with Crippen LogP contribution in [0.1, 0.15) is 0 Å². The van der Waals surface area contributed by atoms with Crippen molar-refractivity contribution in [2.75, 3.05) is 0 Å². The van der Waals surface area contributed by atoms with Crippen molar-refractivity contribution in [1.29, 1.82) is 0 Å². The lowest BCUT2D eigenvalue weighted by atomic mass is 9.94. The second kappa shape index (κ2) is 4.17. The van der Waals surface area contributed by atoms with Gasteiger partial charge in [-0.3, -0.25) is 0 Å². The molecule has 0 fully saturated rings. The SMILES string of the molecule is [B]c1ccc(-c2cccc(I)c2)cc1. The number of hydrogen-bond acceptors (Lipinski definition) is 0. The Hall–Kier alpha value is -0.765. The summed E-state index contributed by atoms with van der Waals surface area (Å²) >= 11 is 2.31. The third-order valence-electron chi connectivity index (χ3n) is 2.07. The minimum Gasteiger partial charge on any atom is -0.0966 e. The topological polar surface area (TPSA) is 0 Å². The van der Waals surface area contributed by atoms with Crippen LogP contribution in [0.5, 0.6) is 0 Å². The quantitative estimate of drug-likeness (QED) is 0.559. The van der Waals surface area contributed by atoms with E-state index in [0.29, 0.717) is 0 Å². The molecule has 0 N–H and O–H groups in total. The molecule has 0 saturated carbocycles. The highest BCUT2D eigenvalue weighted by Gasteiger charge is 1.96. The number of benzene rings is 2. The predicted octanol–water partition coefficient (Wildman–Crippen LogP) is 2.75. The molecule has 14 heavy (non-hydrogen) atoms. The summed E-state index contributed by atoms with van der Waals surface area (Å²) in [7, 11) is 5.63. The van der Waals surface area contributed by atoms with E-state index in [2.05, 4.69) is 46.9 Å². The summed E-state index contributed by atoms with van der Waals surface area (Å²) in [5.41, 5.74) is 3.24. The summed E-state index contributed by atoms with van der Waals surface area (Å²) in [5, 5.41) is 0. The third kappa shape index (κ3) is 2.18. The van der Waals surface area contributed by atoms with Crippen LogP contribution in [-0.4, -0.2) is 7.85 Å². The molecule has 0 amide bonds. The summed E-state index contributed by atoms with van der Waals surface area (Å²) in [4.78, 5) is 0. The summed E-state index contributed by atoms with van der Waals surface area (Å²) in [6, 6.07) is 16.3. The van der Waals surface area contributed by atoms with Crippen LogP contribution in [0.3, 0.4) is 0 Å². The fraction of sp³-hybridized carbons (Fsp3) is 0. The lowest BCUT2D eigenvalue weighted by molar-refractivity contribution is 1.60. The van der Waals surface area contributed by atoms with Crippen molar-refractivity contribution >= 4 is 35.9 Å². The molecule has 0 nitrogen and oxygen atoms in total. The van der Waals surface area contributed by atoms with Gasteiger partial charge in [-0.05, 0) is 45.9 Å². The third-order valence-corrected chi connectivity index (χ3v) is 2.74. The van der Waals surface area contributed by atoms with Crippen LogP contribution in [0.15, 0.2) is 48.5 Å². The first-order chi connectivity index (χ1) is 6.75. The molecular weight excluding hydrogens is 282 g/mol. The van der Waals surface area contributed by atoms with Gasteiger partial charge in [0.2, 0.25) is 0 Å². The van der Waals surface area contributed by atoms with Gasteiger partial charge in [-0.1, -0.05) is 41.9 Å². The van der Waals surface area contributed by atoms with Crippen LogP contribution in [0, 0.1) is 3.57 Å².